The zero-order chi connectivity index (χ0) is 17.4. The van der Waals surface area contributed by atoms with Crippen molar-refractivity contribution in [3.05, 3.63) is 65.2 Å². The first-order chi connectivity index (χ1) is 11.6. The molecular weight excluding hydrogens is 314 g/mol. The Labute approximate surface area is 152 Å². The summed E-state index contributed by atoms with van der Waals surface area (Å²) in [6.45, 7) is 10.1. The van der Waals surface area contributed by atoms with E-state index >= 15 is 0 Å². The van der Waals surface area contributed by atoms with E-state index in [4.69, 9.17) is 11.6 Å². The van der Waals surface area contributed by atoms with Gasteiger partial charge in [-0.05, 0) is 67.3 Å². The van der Waals surface area contributed by atoms with Gasteiger partial charge < -0.3 is 0 Å². The van der Waals surface area contributed by atoms with Crippen LogP contribution in [0.4, 0.5) is 0 Å². The third kappa shape index (κ3) is 5.51. The van der Waals surface area contributed by atoms with Crippen molar-refractivity contribution in [3.63, 3.8) is 0 Å². The summed E-state index contributed by atoms with van der Waals surface area (Å²) in [7, 11) is 0. The van der Waals surface area contributed by atoms with Gasteiger partial charge in [-0.1, -0.05) is 67.9 Å². The lowest BCUT2D eigenvalue weighted by atomic mass is 10.0. The zero-order valence-electron chi connectivity index (χ0n) is 15.1. The Balaban J connectivity index is 2.06. The molecule has 2 heteroatoms. The van der Waals surface area contributed by atoms with Gasteiger partial charge in [-0.2, -0.15) is 0 Å². The summed E-state index contributed by atoms with van der Waals surface area (Å²) in [5, 5.41) is 0.776. The minimum Gasteiger partial charge on any atom is -0.300 e. The first-order valence-corrected chi connectivity index (χ1v) is 9.27. The lowest BCUT2D eigenvalue weighted by Gasteiger charge is -2.19. The summed E-state index contributed by atoms with van der Waals surface area (Å²) in [6.07, 6.45) is 4.77. The van der Waals surface area contributed by atoms with Crippen LogP contribution in [0.15, 0.2) is 54.6 Å². The van der Waals surface area contributed by atoms with Gasteiger partial charge in [-0.25, -0.2) is 0 Å². The second-order valence-electron chi connectivity index (χ2n) is 6.27. The number of halogens is 1. The summed E-state index contributed by atoms with van der Waals surface area (Å²) in [5.74, 6) is 0. The third-order valence-electron chi connectivity index (χ3n) is 4.25. The predicted octanol–water partition coefficient (Wildman–Crippen LogP) is 6.53. The molecule has 0 fully saturated rings. The molecule has 0 aromatic heterocycles. The van der Waals surface area contributed by atoms with E-state index in [-0.39, 0.29) is 0 Å². The van der Waals surface area contributed by atoms with Gasteiger partial charge in [-0.15, -0.1) is 0 Å². The Morgan fingerprint density at radius 3 is 1.88 bits per heavy atom. The SMILES string of the molecule is CCCN(CC=C(C)c1ccc(-c2ccc(Cl)cc2)cc1)CCC. The predicted molar refractivity (Wildman–Crippen MR) is 108 cm³/mol. The highest BCUT2D eigenvalue weighted by Gasteiger charge is 2.03. The minimum absolute atomic E-state index is 0.776. The van der Waals surface area contributed by atoms with Crippen LogP contribution >= 0.6 is 11.6 Å². The second kappa shape index (κ2) is 9.66. The number of hydrogen-bond donors (Lipinski definition) is 0. The van der Waals surface area contributed by atoms with Crippen LogP contribution in [0, 0.1) is 0 Å². The largest absolute Gasteiger partial charge is 0.300 e. The summed E-state index contributed by atoms with van der Waals surface area (Å²) in [5.41, 5.74) is 5.06. The van der Waals surface area contributed by atoms with Gasteiger partial charge in [0.05, 0.1) is 0 Å². The van der Waals surface area contributed by atoms with Gasteiger partial charge in [0.15, 0.2) is 0 Å². The Hall–Kier alpha value is -1.57. The molecule has 0 saturated carbocycles. The molecule has 0 aliphatic carbocycles. The topological polar surface area (TPSA) is 3.24 Å². The second-order valence-corrected chi connectivity index (χ2v) is 6.71. The van der Waals surface area contributed by atoms with E-state index in [2.05, 4.69) is 68.1 Å². The lowest BCUT2D eigenvalue weighted by Crippen LogP contribution is -2.25. The van der Waals surface area contributed by atoms with Gasteiger partial charge in [-0.3, -0.25) is 4.90 Å². The van der Waals surface area contributed by atoms with Crippen molar-refractivity contribution < 1.29 is 0 Å². The van der Waals surface area contributed by atoms with Crippen LogP contribution < -0.4 is 0 Å². The average molecular weight is 342 g/mol. The quantitative estimate of drug-likeness (QED) is 0.527. The molecule has 0 bridgehead atoms. The molecule has 0 unspecified atom stereocenters. The molecule has 0 atom stereocenters. The van der Waals surface area contributed by atoms with Crippen molar-refractivity contribution in [1.82, 2.24) is 4.90 Å². The minimum atomic E-state index is 0.776. The van der Waals surface area contributed by atoms with Gasteiger partial charge in [0, 0.05) is 11.6 Å². The molecular formula is C22H28ClN. The smallest absolute Gasteiger partial charge is 0.0406 e. The highest BCUT2D eigenvalue weighted by Crippen LogP contribution is 2.24. The first kappa shape index (κ1) is 18.8. The molecule has 0 spiro atoms. The van der Waals surface area contributed by atoms with Gasteiger partial charge in [0.25, 0.3) is 0 Å². The van der Waals surface area contributed by atoms with Crippen LogP contribution in [-0.2, 0) is 0 Å². The van der Waals surface area contributed by atoms with Gasteiger partial charge in [0.1, 0.15) is 0 Å². The third-order valence-corrected chi connectivity index (χ3v) is 4.51. The van der Waals surface area contributed by atoms with Crippen LogP contribution in [0.2, 0.25) is 5.02 Å². The number of allylic oxidation sites excluding steroid dienone is 1. The van der Waals surface area contributed by atoms with Crippen LogP contribution in [-0.4, -0.2) is 24.5 Å². The molecule has 128 valence electrons. The molecule has 0 N–H and O–H groups in total. The molecule has 0 amide bonds. The molecule has 2 aromatic carbocycles. The molecule has 0 aliphatic heterocycles. The fraction of sp³-hybridized carbons (Fsp3) is 0.364. The van der Waals surface area contributed by atoms with E-state index in [1.807, 2.05) is 12.1 Å². The van der Waals surface area contributed by atoms with E-state index in [0.29, 0.717) is 0 Å². The van der Waals surface area contributed by atoms with Crippen LogP contribution in [0.3, 0.4) is 0 Å². The standard InChI is InChI=1S/C22H28ClN/c1-4-15-24(16-5-2)17-14-18(3)19-6-8-20(9-7-19)21-10-12-22(23)13-11-21/h6-14H,4-5,15-17H2,1-3H3. The van der Waals surface area contributed by atoms with Crippen LogP contribution in [0.5, 0.6) is 0 Å². The van der Waals surface area contributed by atoms with Crippen molar-refractivity contribution in [2.75, 3.05) is 19.6 Å². The Morgan fingerprint density at radius 2 is 1.38 bits per heavy atom. The summed E-state index contributed by atoms with van der Waals surface area (Å²) >= 11 is 5.96. The number of nitrogens with zero attached hydrogens (tertiary/aromatic N) is 1. The van der Waals surface area contributed by atoms with Crippen molar-refractivity contribution >= 4 is 17.2 Å². The molecule has 0 radical (unpaired) electrons. The van der Waals surface area contributed by atoms with Crippen molar-refractivity contribution in [1.29, 1.82) is 0 Å². The molecule has 24 heavy (non-hydrogen) atoms. The van der Waals surface area contributed by atoms with Crippen LogP contribution in [0.25, 0.3) is 16.7 Å². The molecule has 0 heterocycles. The number of rotatable bonds is 8. The average Bonchev–Trinajstić information content (AvgIpc) is 2.60. The summed E-state index contributed by atoms with van der Waals surface area (Å²) in [6, 6.07) is 16.8. The first-order valence-electron chi connectivity index (χ1n) is 8.89. The van der Waals surface area contributed by atoms with Gasteiger partial charge >= 0.3 is 0 Å². The Bertz CT molecular complexity index is 635. The van der Waals surface area contributed by atoms with E-state index < -0.39 is 0 Å². The van der Waals surface area contributed by atoms with Crippen molar-refractivity contribution in [2.45, 2.75) is 33.6 Å². The lowest BCUT2D eigenvalue weighted by molar-refractivity contribution is 0.304. The normalized spacial score (nSPS) is 12.0. The van der Waals surface area contributed by atoms with E-state index in [1.54, 1.807) is 0 Å². The maximum Gasteiger partial charge on any atom is 0.0406 e. The summed E-state index contributed by atoms with van der Waals surface area (Å²) < 4.78 is 0. The molecule has 1 nitrogen and oxygen atoms in total. The highest BCUT2D eigenvalue weighted by molar-refractivity contribution is 6.30. The number of benzene rings is 2. The monoisotopic (exact) mass is 341 g/mol. The fourth-order valence-electron chi connectivity index (χ4n) is 2.88. The van der Waals surface area contributed by atoms with E-state index in [0.717, 1.165) is 11.6 Å². The van der Waals surface area contributed by atoms with Crippen molar-refractivity contribution in [2.24, 2.45) is 0 Å². The van der Waals surface area contributed by atoms with E-state index in [1.165, 1.54) is 48.2 Å². The molecule has 0 aliphatic rings. The maximum atomic E-state index is 5.96. The molecule has 0 saturated heterocycles. The summed E-state index contributed by atoms with van der Waals surface area (Å²) in [4.78, 5) is 2.52. The molecule has 2 rings (SSSR count). The fourth-order valence-corrected chi connectivity index (χ4v) is 3.00. The van der Waals surface area contributed by atoms with Crippen molar-refractivity contribution in [3.8, 4) is 11.1 Å². The van der Waals surface area contributed by atoms with Crippen LogP contribution in [0.1, 0.15) is 39.2 Å². The van der Waals surface area contributed by atoms with E-state index in [9.17, 15) is 0 Å². The zero-order valence-corrected chi connectivity index (χ0v) is 15.8. The Kier molecular flexibility index (Phi) is 7.55. The highest BCUT2D eigenvalue weighted by atomic mass is 35.5. The van der Waals surface area contributed by atoms with Gasteiger partial charge in [0.2, 0.25) is 0 Å². The Morgan fingerprint density at radius 1 is 0.875 bits per heavy atom. The molecule has 2 aromatic rings. The number of hydrogen-bond acceptors (Lipinski definition) is 1. The maximum absolute atomic E-state index is 5.96.